The van der Waals surface area contributed by atoms with E-state index in [9.17, 15) is 9.59 Å². The number of amides is 1. The summed E-state index contributed by atoms with van der Waals surface area (Å²) in [7, 11) is 0. The van der Waals surface area contributed by atoms with Crippen LogP contribution in [0.5, 0.6) is 0 Å². The van der Waals surface area contributed by atoms with Gasteiger partial charge in [-0.05, 0) is 41.8 Å². The monoisotopic (exact) mass is 437 g/mol. The molecular weight excluding hydrogens is 410 g/mol. The summed E-state index contributed by atoms with van der Waals surface area (Å²) in [5, 5.41) is 9.59. The van der Waals surface area contributed by atoms with E-state index in [2.05, 4.69) is 24.3 Å². The first-order valence-electron chi connectivity index (χ1n) is 10.7. The number of para-hydroxylation sites is 1. The molecule has 31 heavy (non-hydrogen) atoms. The molecule has 1 aliphatic rings. The molecule has 1 saturated carbocycles. The van der Waals surface area contributed by atoms with Crippen molar-refractivity contribution in [3.05, 3.63) is 59.6 Å². The highest BCUT2D eigenvalue weighted by Crippen LogP contribution is 2.30. The van der Waals surface area contributed by atoms with E-state index in [4.69, 9.17) is 4.74 Å². The number of hydrogen-bond donors (Lipinski definition) is 1. The van der Waals surface area contributed by atoms with E-state index in [0.717, 1.165) is 23.4 Å². The summed E-state index contributed by atoms with van der Waals surface area (Å²) in [5.74, 6) is 0.194. The first-order chi connectivity index (χ1) is 15.0. The third-order valence-electron chi connectivity index (χ3n) is 6.10. The topological polar surface area (TPSA) is 73.2 Å². The van der Waals surface area contributed by atoms with Gasteiger partial charge in [0.1, 0.15) is 11.3 Å². The van der Waals surface area contributed by atoms with E-state index >= 15 is 0 Å². The van der Waals surface area contributed by atoms with E-state index in [-0.39, 0.29) is 18.6 Å². The Hall–Kier alpha value is -2.93. The fraction of sp³-hybridized carbons (Fsp3) is 0.375. The lowest BCUT2D eigenvalue weighted by molar-refractivity contribution is -0.125. The summed E-state index contributed by atoms with van der Waals surface area (Å²) in [6, 6.07) is 13.6. The van der Waals surface area contributed by atoms with E-state index in [1.54, 1.807) is 10.9 Å². The maximum absolute atomic E-state index is 12.9. The van der Waals surface area contributed by atoms with Gasteiger partial charge in [0.25, 0.3) is 5.91 Å². The third kappa shape index (κ3) is 4.88. The smallest absolute Gasteiger partial charge is 0.342 e. The van der Waals surface area contributed by atoms with Crippen LogP contribution in [0.1, 0.15) is 43.5 Å². The Balaban J connectivity index is 1.46. The SMILES string of the molecule is CC1CCCC(NC(=O)COC(=O)c2cn(-c3ccccc3)nc2-c2cccs2)C1C. The first kappa shape index (κ1) is 21.3. The van der Waals surface area contributed by atoms with Crippen molar-refractivity contribution in [2.75, 3.05) is 6.61 Å². The Kier molecular flexibility index (Phi) is 6.51. The van der Waals surface area contributed by atoms with Crippen LogP contribution >= 0.6 is 11.3 Å². The van der Waals surface area contributed by atoms with Crippen LogP contribution in [0.4, 0.5) is 0 Å². The van der Waals surface area contributed by atoms with Crippen molar-refractivity contribution in [2.45, 2.75) is 39.2 Å². The van der Waals surface area contributed by atoms with Crippen molar-refractivity contribution in [2.24, 2.45) is 11.8 Å². The summed E-state index contributed by atoms with van der Waals surface area (Å²) in [5.41, 5.74) is 1.75. The fourth-order valence-electron chi connectivity index (χ4n) is 4.07. The number of carbonyl (C=O) groups excluding carboxylic acids is 2. The van der Waals surface area contributed by atoms with Crippen molar-refractivity contribution in [3.8, 4) is 16.3 Å². The minimum atomic E-state index is -0.550. The van der Waals surface area contributed by atoms with Gasteiger partial charge in [-0.3, -0.25) is 4.79 Å². The van der Waals surface area contributed by atoms with Crippen LogP contribution in [0, 0.1) is 11.8 Å². The second kappa shape index (κ2) is 9.47. The number of hydrogen-bond acceptors (Lipinski definition) is 5. The molecule has 6 nitrogen and oxygen atoms in total. The number of nitrogens with zero attached hydrogens (tertiary/aromatic N) is 2. The van der Waals surface area contributed by atoms with Crippen LogP contribution in [-0.2, 0) is 9.53 Å². The molecular formula is C24H27N3O3S. The number of thiophene rings is 1. The van der Waals surface area contributed by atoms with E-state index in [1.165, 1.54) is 17.8 Å². The summed E-state index contributed by atoms with van der Waals surface area (Å²) < 4.78 is 7.05. The van der Waals surface area contributed by atoms with Crippen LogP contribution in [-0.4, -0.2) is 34.3 Å². The molecule has 162 valence electrons. The second-order valence-electron chi connectivity index (χ2n) is 8.17. The number of ether oxygens (including phenoxy) is 1. The lowest BCUT2D eigenvalue weighted by Gasteiger charge is -2.34. The predicted molar refractivity (Wildman–Crippen MR) is 121 cm³/mol. The van der Waals surface area contributed by atoms with Gasteiger partial charge in [0.05, 0.1) is 10.6 Å². The van der Waals surface area contributed by atoms with Gasteiger partial charge in [-0.25, -0.2) is 9.48 Å². The quantitative estimate of drug-likeness (QED) is 0.568. The number of nitrogens with one attached hydrogen (secondary N) is 1. The second-order valence-corrected chi connectivity index (χ2v) is 9.11. The van der Waals surface area contributed by atoms with E-state index < -0.39 is 5.97 Å². The summed E-state index contributed by atoms with van der Waals surface area (Å²) in [6.45, 7) is 4.10. The Morgan fingerprint density at radius 3 is 2.71 bits per heavy atom. The molecule has 2 aromatic heterocycles. The number of rotatable bonds is 6. The van der Waals surface area contributed by atoms with Gasteiger partial charge in [-0.15, -0.1) is 11.3 Å². The van der Waals surface area contributed by atoms with Gasteiger partial charge < -0.3 is 10.1 Å². The molecule has 3 atom stereocenters. The predicted octanol–water partition coefficient (Wildman–Crippen LogP) is 4.70. The maximum atomic E-state index is 12.9. The largest absolute Gasteiger partial charge is 0.452 e. The lowest BCUT2D eigenvalue weighted by atomic mass is 9.78. The minimum absolute atomic E-state index is 0.137. The van der Waals surface area contributed by atoms with Gasteiger partial charge in [-0.1, -0.05) is 51.0 Å². The highest BCUT2D eigenvalue weighted by Gasteiger charge is 2.28. The summed E-state index contributed by atoms with van der Waals surface area (Å²) in [4.78, 5) is 26.2. The Morgan fingerprint density at radius 2 is 1.97 bits per heavy atom. The molecule has 0 saturated heterocycles. The van der Waals surface area contributed by atoms with Crippen molar-refractivity contribution in [1.82, 2.24) is 15.1 Å². The van der Waals surface area contributed by atoms with Gasteiger partial charge >= 0.3 is 5.97 Å². The molecule has 0 radical (unpaired) electrons. The Bertz CT molecular complexity index is 1030. The number of esters is 1. The van der Waals surface area contributed by atoms with Gasteiger partial charge in [0, 0.05) is 12.2 Å². The molecule has 0 aliphatic heterocycles. The Labute approximate surface area is 186 Å². The average molecular weight is 438 g/mol. The molecule has 4 rings (SSSR count). The lowest BCUT2D eigenvalue weighted by Crippen LogP contribution is -2.45. The van der Waals surface area contributed by atoms with Gasteiger partial charge in [0.15, 0.2) is 6.61 Å². The standard InChI is InChI=1S/C24H27N3O3S/c1-16-8-6-11-20(17(16)2)25-22(28)15-30-24(29)19-14-27(18-9-4-3-5-10-18)26-23(19)21-12-7-13-31-21/h3-5,7,9-10,12-14,16-17,20H,6,8,11,15H2,1-2H3,(H,25,28). The number of carbonyl (C=O) groups is 2. The van der Waals surface area contributed by atoms with Gasteiger partial charge in [0.2, 0.25) is 0 Å². The summed E-state index contributed by atoms with van der Waals surface area (Å²) >= 11 is 1.50. The molecule has 1 aliphatic carbocycles. The van der Waals surface area contributed by atoms with E-state index in [0.29, 0.717) is 23.1 Å². The molecule has 0 bridgehead atoms. The Morgan fingerprint density at radius 1 is 1.16 bits per heavy atom. The van der Waals surface area contributed by atoms with Gasteiger partial charge in [-0.2, -0.15) is 5.10 Å². The number of benzene rings is 1. The van der Waals surface area contributed by atoms with Crippen LogP contribution in [0.25, 0.3) is 16.3 Å². The average Bonchev–Trinajstić information content (AvgIpc) is 3.46. The summed E-state index contributed by atoms with van der Waals surface area (Å²) in [6.07, 6.45) is 4.94. The zero-order valence-electron chi connectivity index (χ0n) is 17.8. The van der Waals surface area contributed by atoms with Crippen LogP contribution in [0.2, 0.25) is 0 Å². The molecule has 3 unspecified atom stereocenters. The molecule has 0 spiro atoms. The van der Waals surface area contributed by atoms with Crippen molar-refractivity contribution < 1.29 is 14.3 Å². The highest BCUT2D eigenvalue weighted by atomic mass is 32.1. The van der Waals surface area contributed by atoms with Crippen molar-refractivity contribution in [1.29, 1.82) is 0 Å². The molecule has 7 heteroatoms. The molecule has 1 aromatic carbocycles. The zero-order chi connectivity index (χ0) is 21.8. The normalized spacial score (nSPS) is 20.9. The van der Waals surface area contributed by atoms with Crippen LogP contribution in [0.3, 0.4) is 0 Å². The van der Waals surface area contributed by atoms with E-state index in [1.807, 2.05) is 47.8 Å². The molecule has 2 heterocycles. The molecule has 1 fully saturated rings. The molecule has 1 amide bonds. The molecule has 1 N–H and O–H groups in total. The zero-order valence-corrected chi connectivity index (χ0v) is 18.6. The van der Waals surface area contributed by atoms with Crippen LogP contribution in [0.15, 0.2) is 54.0 Å². The first-order valence-corrected chi connectivity index (χ1v) is 11.6. The fourth-order valence-corrected chi connectivity index (χ4v) is 4.80. The van der Waals surface area contributed by atoms with Crippen molar-refractivity contribution in [3.63, 3.8) is 0 Å². The highest BCUT2D eigenvalue weighted by molar-refractivity contribution is 7.13. The minimum Gasteiger partial charge on any atom is -0.452 e. The van der Waals surface area contributed by atoms with Crippen LogP contribution < -0.4 is 5.32 Å². The van der Waals surface area contributed by atoms with Crippen molar-refractivity contribution >= 4 is 23.2 Å². The third-order valence-corrected chi connectivity index (χ3v) is 6.97. The number of aromatic nitrogens is 2. The molecule has 3 aromatic rings. The maximum Gasteiger partial charge on any atom is 0.342 e.